The van der Waals surface area contributed by atoms with Gasteiger partial charge in [-0.3, -0.25) is 9.78 Å². The Labute approximate surface area is 243 Å². The molecule has 0 aliphatic rings. The predicted molar refractivity (Wildman–Crippen MR) is 159 cm³/mol. The number of tetrazole rings is 1. The van der Waals surface area contributed by atoms with Gasteiger partial charge in [-0.15, -0.1) is 16.9 Å². The summed E-state index contributed by atoms with van der Waals surface area (Å²) in [7, 11) is 0. The van der Waals surface area contributed by atoms with Gasteiger partial charge in [0.15, 0.2) is 0 Å². The Morgan fingerprint density at radius 3 is 2.44 bits per heavy atom. The molecule has 41 heavy (non-hydrogen) atoms. The largest absolute Gasteiger partial charge is 0.487 e. The summed E-state index contributed by atoms with van der Waals surface area (Å²) in [6.07, 6.45) is 3.69. The van der Waals surface area contributed by atoms with E-state index in [0.717, 1.165) is 44.2 Å². The first-order valence-electron chi connectivity index (χ1n) is 13.4. The molecule has 5 aromatic rings. The second kappa shape index (κ2) is 11.4. The number of hydrogen-bond acceptors (Lipinski definition) is 7. The number of benzene rings is 2. The maximum absolute atomic E-state index is 12.3. The van der Waals surface area contributed by atoms with Gasteiger partial charge in [0.05, 0.1) is 16.8 Å². The van der Waals surface area contributed by atoms with E-state index in [2.05, 4.69) is 70.1 Å². The maximum Gasteiger partial charge on any atom is 0.309 e. The van der Waals surface area contributed by atoms with Gasteiger partial charge >= 0.3 is 5.97 Å². The topological polar surface area (TPSA) is 108 Å². The molecule has 0 spiro atoms. The lowest BCUT2D eigenvalue weighted by atomic mass is 9.88. The van der Waals surface area contributed by atoms with E-state index in [1.807, 2.05) is 36.4 Å². The zero-order valence-corrected chi connectivity index (χ0v) is 24.7. The third-order valence-electron chi connectivity index (χ3n) is 6.69. The van der Waals surface area contributed by atoms with Crippen LogP contribution >= 0.6 is 11.8 Å². The summed E-state index contributed by atoms with van der Waals surface area (Å²) in [5, 5.41) is 22.5. The molecule has 0 bridgehead atoms. The number of carboxylic acid groups (broad SMARTS) is 1. The first kappa shape index (κ1) is 28.4. The van der Waals surface area contributed by atoms with Crippen molar-refractivity contribution < 1.29 is 14.6 Å². The van der Waals surface area contributed by atoms with E-state index < -0.39 is 11.4 Å². The Morgan fingerprint density at radius 2 is 1.80 bits per heavy atom. The molecule has 0 fully saturated rings. The number of rotatable bonds is 10. The first-order chi connectivity index (χ1) is 19.5. The Morgan fingerprint density at radius 1 is 1.02 bits per heavy atom. The standard InChI is InChI=1S/C31H34N6O3S/c1-30(2,3)41-28-25-16-24(40-19-22-8-6-7-15-32-22)13-14-26(25)36(27(28)17-31(4,5)29(38)39)18-21-9-11-23(12-10-21)37-20-33-34-35-37/h6-16,20H,17-19H2,1-5H3,(H,38,39). The summed E-state index contributed by atoms with van der Waals surface area (Å²) in [5.41, 5.74) is 3.87. The quantitative estimate of drug-likeness (QED) is 0.198. The van der Waals surface area contributed by atoms with Gasteiger partial charge < -0.3 is 14.4 Å². The Kier molecular flexibility index (Phi) is 7.86. The van der Waals surface area contributed by atoms with E-state index in [9.17, 15) is 9.90 Å². The van der Waals surface area contributed by atoms with E-state index in [0.29, 0.717) is 19.6 Å². The van der Waals surface area contributed by atoms with Crippen LogP contribution in [0.2, 0.25) is 0 Å². The van der Waals surface area contributed by atoms with Crippen LogP contribution in [-0.2, 0) is 24.4 Å². The van der Waals surface area contributed by atoms with Crippen LogP contribution < -0.4 is 4.74 Å². The average Bonchev–Trinajstić information content (AvgIpc) is 3.56. The zero-order chi connectivity index (χ0) is 29.2. The van der Waals surface area contributed by atoms with E-state index in [4.69, 9.17) is 4.74 Å². The smallest absolute Gasteiger partial charge is 0.309 e. The zero-order valence-electron chi connectivity index (χ0n) is 23.9. The van der Waals surface area contributed by atoms with Crippen LogP contribution in [0.5, 0.6) is 5.75 Å². The van der Waals surface area contributed by atoms with Crippen molar-refractivity contribution >= 4 is 28.6 Å². The number of carboxylic acids is 1. The van der Waals surface area contributed by atoms with Gasteiger partial charge in [-0.05, 0) is 72.3 Å². The minimum absolute atomic E-state index is 0.0977. The molecule has 212 valence electrons. The van der Waals surface area contributed by atoms with Gasteiger partial charge in [0.25, 0.3) is 0 Å². The lowest BCUT2D eigenvalue weighted by Gasteiger charge is -2.24. The summed E-state index contributed by atoms with van der Waals surface area (Å²) in [5.74, 6) is -0.0860. The number of pyridine rings is 1. The van der Waals surface area contributed by atoms with Crippen molar-refractivity contribution in [3.8, 4) is 11.4 Å². The lowest BCUT2D eigenvalue weighted by Crippen LogP contribution is -2.28. The lowest BCUT2D eigenvalue weighted by molar-refractivity contribution is -0.146. The first-order valence-corrected chi connectivity index (χ1v) is 14.2. The number of aliphatic carboxylic acids is 1. The Balaban J connectivity index is 1.60. The summed E-state index contributed by atoms with van der Waals surface area (Å²) in [6.45, 7) is 11.0. The fourth-order valence-electron chi connectivity index (χ4n) is 4.57. The highest BCUT2D eigenvalue weighted by atomic mass is 32.2. The Bertz CT molecular complexity index is 1640. The molecule has 2 aromatic carbocycles. The highest BCUT2D eigenvalue weighted by molar-refractivity contribution is 8.00. The van der Waals surface area contributed by atoms with Crippen LogP contribution in [0, 0.1) is 5.41 Å². The molecule has 3 aromatic heterocycles. The van der Waals surface area contributed by atoms with E-state index in [1.165, 1.54) is 0 Å². The fraction of sp³-hybridized carbons (Fsp3) is 0.323. The van der Waals surface area contributed by atoms with E-state index in [-0.39, 0.29) is 4.75 Å². The molecule has 0 atom stereocenters. The number of aromatic nitrogens is 6. The minimum Gasteiger partial charge on any atom is -0.487 e. The van der Waals surface area contributed by atoms with Crippen LogP contribution in [-0.4, -0.2) is 45.6 Å². The molecule has 9 nitrogen and oxygen atoms in total. The summed E-state index contributed by atoms with van der Waals surface area (Å²) in [4.78, 5) is 17.7. The SMILES string of the molecule is CC(C)(C)Sc1c(CC(C)(C)C(=O)O)n(Cc2ccc(-n3cnnn3)cc2)c2ccc(OCc3ccccn3)cc12. The predicted octanol–water partition coefficient (Wildman–Crippen LogP) is 6.18. The molecule has 1 N–H and O–H groups in total. The van der Waals surface area contributed by atoms with E-state index >= 15 is 0 Å². The highest BCUT2D eigenvalue weighted by Crippen LogP contribution is 2.44. The number of nitrogens with zero attached hydrogens (tertiary/aromatic N) is 6. The van der Waals surface area contributed by atoms with Crippen LogP contribution in [0.25, 0.3) is 16.6 Å². The van der Waals surface area contributed by atoms with E-state index in [1.54, 1.807) is 42.8 Å². The summed E-state index contributed by atoms with van der Waals surface area (Å²) in [6, 6.07) is 19.9. The van der Waals surface area contributed by atoms with Crippen LogP contribution in [0.3, 0.4) is 0 Å². The highest BCUT2D eigenvalue weighted by Gasteiger charge is 2.32. The molecular formula is C31H34N6O3S. The molecule has 0 aliphatic carbocycles. The van der Waals surface area contributed by atoms with Gasteiger partial charge in [-0.2, -0.15) is 0 Å². The van der Waals surface area contributed by atoms with Crippen molar-refractivity contribution in [1.29, 1.82) is 0 Å². The molecule has 0 aliphatic heterocycles. The van der Waals surface area contributed by atoms with Crippen molar-refractivity contribution in [2.45, 2.75) is 63.8 Å². The molecule has 5 rings (SSSR count). The normalized spacial score (nSPS) is 12.1. The molecule has 0 saturated carbocycles. The molecular weight excluding hydrogens is 536 g/mol. The van der Waals surface area contributed by atoms with Crippen molar-refractivity contribution in [2.24, 2.45) is 5.41 Å². The number of carbonyl (C=O) groups is 1. The van der Waals surface area contributed by atoms with Crippen LogP contribution in [0.4, 0.5) is 0 Å². The third-order valence-corrected chi connectivity index (χ3v) is 7.96. The number of thioether (sulfide) groups is 1. The number of hydrogen-bond donors (Lipinski definition) is 1. The van der Waals surface area contributed by atoms with Crippen molar-refractivity contribution in [1.82, 2.24) is 29.8 Å². The monoisotopic (exact) mass is 570 g/mol. The van der Waals surface area contributed by atoms with Gasteiger partial charge in [0.1, 0.15) is 18.7 Å². The van der Waals surface area contributed by atoms with Crippen LogP contribution in [0.1, 0.15) is 51.6 Å². The maximum atomic E-state index is 12.3. The fourth-order valence-corrected chi connectivity index (χ4v) is 5.76. The van der Waals surface area contributed by atoms with Gasteiger partial charge in [-0.1, -0.05) is 39.0 Å². The molecule has 0 unspecified atom stereocenters. The van der Waals surface area contributed by atoms with Gasteiger partial charge in [-0.25, -0.2) is 4.68 Å². The minimum atomic E-state index is -0.957. The van der Waals surface area contributed by atoms with Gasteiger partial charge in [0, 0.05) is 45.4 Å². The van der Waals surface area contributed by atoms with Gasteiger partial charge in [0.2, 0.25) is 0 Å². The van der Waals surface area contributed by atoms with Crippen LogP contribution in [0.15, 0.2) is 78.1 Å². The summed E-state index contributed by atoms with van der Waals surface area (Å²) >= 11 is 1.76. The number of ether oxygens (including phenoxy) is 1. The second-order valence-corrected chi connectivity index (χ2v) is 13.5. The number of fused-ring (bicyclic) bond motifs is 1. The summed E-state index contributed by atoms with van der Waals surface area (Å²) < 4.78 is 9.91. The van der Waals surface area contributed by atoms with Crippen molar-refractivity contribution in [3.63, 3.8) is 0 Å². The molecule has 3 heterocycles. The third kappa shape index (κ3) is 6.59. The molecule has 0 saturated heterocycles. The Hall–Kier alpha value is -4.18. The molecule has 0 amide bonds. The van der Waals surface area contributed by atoms with Crippen molar-refractivity contribution in [3.05, 3.63) is 90.1 Å². The molecule has 0 radical (unpaired) electrons. The molecule has 10 heteroatoms. The second-order valence-electron chi connectivity index (χ2n) is 11.7. The average molecular weight is 571 g/mol. The van der Waals surface area contributed by atoms with Crippen molar-refractivity contribution in [2.75, 3.05) is 0 Å².